The molecule has 0 radical (unpaired) electrons. The second kappa shape index (κ2) is 12.4. The Hall–Kier alpha value is -4.34. The zero-order valence-corrected chi connectivity index (χ0v) is 21.7. The number of rotatable bonds is 4. The van der Waals surface area contributed by atoms with Crippen molar-refractivity contribution in [3.05, 3.63) is 59.5 Å². The molecule has 1 aliphatic heterocycles. The lowest BCUT2D eigenvalue weighted by Crippen LogP contribution is -2.22. The SMILES string of the molecule is Cc1cc2c(cc(N[C@@H]3CCNC3)c3nnc(C)n32)n1Cc1ccccc1.O=C(O)C(F)(F)F.O=C(O)C(F)(F)F. The summed E-state index contributed by atoms with van der Waals surface area (Å²) in [5, 5.41) is 30.2. The highest BCUT2D eigenvalue weighted by atomic mass is 19.4. The van der Waals surface area contributed by atoms with Crippen LogP contribution < -0.4 is 10.6 Å². The molecule has 4 aromatic rings. The van der Waals surface area contributed by atoms with Crippen LogP contribution in [0.2, 0.25) is 0 Å². The Morgan fingerprint density at radius 3 is 2.07 bits per heavy atom. The number of hydrogen-bond acceptors (Lipinski definition) is 6. The molecule has 1 fully saturated rings. The first-order valence-electron chi connectivity index (χ1n) is 12.1. The first kappa shape index (κ1) is 31.2. The summed E-state index contributed by atoms with van der Waals surface area (Å²) < 4.78 is 68.0. The van der Waals surface area contributed by atoms with E-state index in [1.165, 1.54) is 16.8 Å². The number of carboxylic acids is 2. The van der Waals surface area contributed by atoms with Crippen molar-refractivity contribution in [3.8, 4) is 0 Å². The number of nitrogens with one attached hydrogen (secondary N) is 2. The molecule has 4 heterocycles. The number of carboxylic acid groups (broad SMARTS) is 2. The summed E-state index contributed by atoms with van der Waals surface area (Å²) in [6.45, 7) is 7.09. The second-order valence-corrected chi connectivity index (χ2v) is 9.03. The van der Waals surface area contributed by atoms with Gasteiger partial charge in [0, 0.05) is 24.8 Å². The fraction of sp³-hybridized carbons (Fsp3) is 0.360. The van der Waals surface area contributed by atoms with Crippen LogP contribution >= 0.6 is 0 Å². The predicted octanol–water partition coefficient (Wildman–Crippen LogP) is 4.39. The fourth-order valence-electron chi connectivity index (χ4n) is 4.12. The van der Waals surface area contributed by atoms with Crippen molar-refractivity contribution in [1.29, 1.82) is 0 Å². The number of aryl methyl sites for hydroxylation is 2. The van der Waals surface area contributed by atoms with E-state index in [9.17, 15) is 26.3 Å². The van der Waals surface area contributed by atoms with Gasteiger partial charge in [-0.1, -0.05) is 30.3 Å². The molecule has 5 rings (SSSR count). The van der Waals surface area contributed by atoms with Crippen LogP contribution in [0, 0.1) is 13.8 Å². The Labute approximate surface area is 228 Å². The van der Waals surface area contributed by atoms with Crippen molar-refractivity contribution in [2.24, 2.45) is 0 Å². The van der Waals surface area contributed by atoms with Crippen molar-refractivity contribution >= 4 is 34.3 Å². The van der Waals surface area contributed by atoms with Gasteiger partial charge in [0.05, 0.1) is 16.7 Å². The van der Waals surface area contributed by atoms with E-state index >= 15 is 0 Å². The lowest BCUT2D eigenvalue weighted by molar-refractivity contribution is -0.193. The average Bonchev–Trinajstić information content (AvgIpc) is 3.60. The molecule has 10 nitrogen and oxygen atoms in total. The second-order valence-electron chi connectivity index (χ2n) is 9.03. The van der Waals surface area contributed by atoms with Crippen LogP contribution in [-0.2, 0) is 16.1 Å². The average molecular weight is 589 g/mol. The summed E-state index contributed by atoms with van der Waals surface area (Å²) in [5.41, 5.74) is 6.88. The number of nitrogens with zero attached hydrogens (tertiary/aromatic N) is 4. The van der Waals surface area contributed by atoms with Gasteiger partial charge in [0.25, 0.3) is 0 Å². The minimum atomic E-state index is -5.08. The summed E-state index contributed by atoms with van der Waals surface area (Å²) in [4.78, 5) is 17.8. The Bertz CT molecular complexity index is 1480. The largest absolute Gasteiger partial charge is 0.490 e. The molecule has 41 heavy (non-hydrogen) atoms. The Kier molecular flexibility index (Phi) is 9.47. The third-order valence-electron chi connectivity index (χ3n) is 6.00. The molecule has 0 saturated carbocycles. The maximum Gasteiger partial charge on any atom is 0.490 e. The molecule has 0 aliphatic carbocycles. The van der Waals surface area contributed by atoms with E-state index in [0.717, 1.165) is 48.7 Å². The molecule has 1 atom stereocenters. The summed E-state index contributed by atoms with van der Waals surface area (Å²) in [6, 6.07) is 15.5. The first-order valence-corrected chi connectivity index (χ1v) is 12.1. The lowest BCUT2D eigenvalue weighted by Gasteiger charge is -2.15. The summed E-state index contributed by atoms with van der Waals surface area (Å²) in [6.07, 6.45) is -9.04. The van der Waals surface area contributed by atoms with E-state index in [0.29, 0.717) is 6.04 Å². The number of hydrogen-bond donors (Lipinski definition) is 4. The zero-order chi connectivity index (χ0) is 30.5. The summed E-state index contributed by atoms with van der Waals surface area (Å²) in [5.74, 6) is -4.60. The monoisotopic (exact) mass is 588 g/mol. The van der Waals surface area contributed by atoms with Gasteiger partial charge in [-0.15, -0.1) is 10.2 Å². The third kappa shape index (κ3) is 7.87. The maximum absolute atomic E-state index is 10.6. The topological polar surface area (TPSA) is 134 Å². The maximum atomic E-state index is 10.6. The molecule has 0 spiro atoms. The molecule has 1 aromatic carbocycles. The quantitative estimate of drug-likeness (QED) is 0.258. The van der Waals surface area contributed by atoms with Gasteiger partial charge in [-0.3, -0.25) is 4.40 Å². The third-order valence-corrected chi connectivity index (χ3v) is 6.00. The standard InChI is InChI=1S/C21H24N6.2C2HF3O2/c1-14-10-20-19(26(14)13-16-6-4-3-5-7-16)11-18(23-17-8-9-22-12-17)21-25-24-15(2)27(20)21;2*3-2(4,5)1(6)7/h3-7,10-11,17,22-23H,8-9,12-13H2,1-2H3;2*(H,6,7)/t17-;;/m1../s1. The smallest absolute Gasteiger partial charge is 0.475 e. The number of benzene rings is 1. The predicted molar refractivity (Wildman–Crippen MR) is 136 cm³/mol. The van der Waals surface area contributed by atoms with Gasteiger partial charge in [-0.25, -0.2) is 9.59 Å². The Morgan fingerprint density at radius 2 is 1.56 bits per heavy atom. The Morgan fingerprint density at radius 1 is 0.976 bits per heavy atom. The van der Waals surface area contributed by atoms with E-state index in [2.05, 4.69) is 79.2 Å². The van der Waals surface area contributed by atoms with Crippen molar-refractivity contribution in [2.75, 3.05) is 18.4 Å². The van der Waals surface area contributed by atoms with Crippen LogP contribution in [0.5, 0.6) is 0 Å². The van der Waals surface area contributed by atoms with Gasteiger partial charge in [-0.05, 0) is 44.5 Å². The molecule has 16 heteroatoms. The normalized spacial score (nSPS) is 15.2. The number of carbonyl (C=O) groups is 2. The van der Waals surface area contributed by atoms with Gasteiger partial charge in [-0.2, -0.15) is 26.3 Å². The van der Waals surface area contributed by atoms with Crippen molar-refractivity contribution in [1.82, 2.24) is 24.5 Å². The molecule has 222 valence electrons. The fourth-order valence-corrected chi connectivity index (χ4v) is 4.12. The minimum absolute atomic E-state index is 0.432. The number of anilines is 1. The van der Waals surface area contributed by atoms with Crippen LogP contribution in [0.4, 0.5) is 32.0 Å². The van der Waals surface area contributed by atoms with Gasteiger partial charge in [0.2, 0.25) is 0 Å². The molecule has 3 aromatic heterocycles. The molecule has 1 aliphatic rings. The van der Waals surface area contributed by atoms with Crippen LogP contribution in [0.15, 0.2) is 42.5 Å². The number of pyridine rings is 1. The highest BCUT2D eigenvalue weighted by Gasteiger charge is 2.38. The molecule has 0 amide bonds. The van der Waals surface area contributed by atoms with E-state index in [-0.39, 0.29) is 0 Å². The van der Waals surface area contributed by atoms with Crippen LogP contribution in [0.3, 0.4) is 0 Å². The molecule has 4 N–H and O–H groups in total. The van der Waals surface area contributed by atoms with Gasteiger partial charge in [0.1, 0.15) is 5.82 Å². The van der Waals surface area contributed by atoms with E-state index in [4.69, 9.17) is 19.8 Å². The number of aliphatic carboxylic acids is 2. The summed E-state index contributed by atoms with van der Waals surface area (Å²) >= 11 is 0. The van der Waals surface area contributed by atoms with Gasteiger partial charge in [0.15, 0.2) is 5.65 Å². The molecule has 0 unspecified atom stereocenters. The van der Waals surface area contributed by atoms with E-state index in [1.54, 1.807) is 0 Å². The lowest BCUT2D eigenvalue weighted by atomic mass is 10.2. The van der Waals surface area contributed by atoms with Crippen LogP contribution in [0.1, 0.15) is 23.5 Å². The van der Waals surface area contributed by atoms with Gasteiger partial charge >= 0.3 is 24.3 Å². The van der Waals surface area contributed by atoms with Crippen molar-refractivity contribution in [3.63, 3.8) is 0 Å². The summed E-state index contributed by atoms with van der Waals surface area (Å²) in [7, 11) is 0. The Balaban J connectivity index is 0.000000276. The van der Waals surface area contributed by atoms with Gasteiger partial charge < -0.3 is 25.4 Å². The van der Waals surface area contributed by atoms with Crippen LogP contribution in [-0.4, -0.2) is 72.8 Å². The number of fused-ring (bicyclic) bond motifs is 3. The van der Waals surface area contributed by atoms with Crippen molar-refractivity contribution < 1.29 is 46.1 Å². The molecular formula is C25H26F6N6O4. The van der Waals surface area contributed by atoms with Crippen LogP contribution in [0.25, 0.3) is 16.7 Å². The number of aromatic nitrogens is 4. The van der Waals surface area contributed by atoms with E-state index in [1.807, 2.05) is 6.92 Å². The van der Waals surface area contributed by atoms with Crippen molar-refractivity contribution in [2.45, 2.75) is 45.2 Å². The molecule has 1 saturated heterocycles. The highest BCUT2D eigenvalue weighted by molar-refractivity contribution is 5.88. The first-order chi connectivity index (χ1) is 19.1. The number of alkyl halides is 6. The molecule has 0 bridgehead atoms. The zero-order valence-electron chi connectivity index (χ0n) is 21.7. The number of halogens is 6. The van der Waals surface area contributed by atoms with E-state index < -0.39 is 24.3 Å². The highest BCUT2D eigenvalue weighted by Crippen LogP contribution is 2.29. The minimum Gasteiger partial charge on any atom is -0.475 e. The molecular weight excluding hydrogens is 562 g/mol.